The minimum atomic E-state index is -0.484. The minimum absolute atomic E-state index is 0.136. The maximum Gasteiger partial charge on any atom is 0.260 e. The molecule has 222 valence electrons. The predicted octanol–water partition coefficient (Wildman–Crippen LogP) is 9.54. The summed E-state index contributed by atoms with van der Waals surface area (Å²) in [7, 11) is 0. The lowest BCUT2D eigenvalue weighted by Crippen LogP contribution is -2.60. The van der Waals surface area contributed by atoms with Crippen molar-refractivity contribution in [3.63, 3.8) is 0 Å². The molecule has 0 amide bonds. The first-order valence-corrected chi connectivity index (χ1v) is 17.6. The van der Waals surface area contributed by atoms with E-state index in [4.69, 9.17) is 0 Å². The summed E-state index contributed by atoms with van der Waals surface area (Å²) >= 11 is 1.99. The van der Waals surface area contributed by atoms with Crippen LogP contribution in [0.5, 0.6) is 0 Å². The normalized spacial score (nSPS) is 14.3. The molecule has 8 aromatic rings. The molecule has 0 radical (unpaired) electrons. The van der Waals surface area contributed by atoms with Gasteiger partial charge in [-0.1, -0.05) is 158 Å². The monoisotopic (exact) mass is 625 g/mol. The maximum absolute atomic E-state index is 2.59. The zero-order valence-electron chi connectivity index (χ0n) is 26.1. The van der Waals surface area contributed by atoms with Crippen LogP contribution in [0.15, 0.2) is 170 Å². The Labute approximate surface area is 284 Å². The van der Waals surface area contributed by atoms with Gasteiger partial charge in [0, 0.05) is 21.6 Å². The van der Waals surface area contributed by atoms with Gasteiger partial charge in [-0.05, 0) is 72.2 Å². The van der Waals surface area contributed by atoms with Crippen molar-refractivity contribution in [2.45, 2.75) is 5.41 Å². The lowest BCUT2D eigenvalue weighted by atomic mass is 9.34. The number of nitrogens with zero attached hydrogens (tertiary/aromatic N) is 1. The van der Waals surface area contributed by atoms with Gasteiger partial charge >= 0.3 is 0 Å². The zero-order valence-corrected chi connectivity index (χ0v) is 26.9. The Balaban J connectivity index is 1.30. The second-order valence-corrected chi connectivity index (χ2v) is 14.2. The summed E-state index contributed by atoms with van der Waals surface area (Å²) in [6.07, 6.45) is 0. The molecule has 0 atom stereocenters. The molecule has 0 N–H and O–H groups in total. The van der Waals surface area contributed by atoms with Crippen LogP contribution >= 0.6 is 11.3 Å². The SMILES string of the molecule is c1ccc(-c2sc3c4c(cccc24)-c2cccc4c2B3c2cccc3c2N4c2ccccc2C3(c2ccccc2)c2ccccc2)cc1. The van der Waals surface area contributed by atoms with Gasteiger partial charge in [-0.25, -0.2) is 0 Å². The third kappa shape index (κ3) is 3.22. The molecule has 3 aliphatic rings. The first-order valence-electron chi connectivity index (χ1n) is 16.7. The van der Waals surface area contributed by atoms with Crippen LogP contribution in [0.25, 0.3) is 32.3 Å². The van der Waals surface area contributed by atoms with Gasteiger partial charge in [-0.3, -0.25) is 0 Å². The molecule has 11 rings (SSSR count). The number of para-hydroxylation sites is 2. The summed E-state index contributed by atoms with van der Waals surface area (Å²) in [5.41, 5.74) is 15.4. The molecular weight excluding hydrogens is 597 g/mol. The van der Waals surface area contributed by atoms with Crippen molar-refractivity contribution in [2.24, 2.45) is 0 Å². The fourth-order valence-corrected chi connectivity index (χ4v) is 10.6. The molecule has 0 spiro atoms. The highest BCUT2D eigenvalue weighted by atomic mass is 32.1. The lowest BCUT2D eigenvalue weighted by Gasteiger charge is -2.50. The van der Waals surface area contributed by atoms with Crippen molar-refractivity contribution in [1.29, 1.82) is 0 Å². The van der Waals surface area contributed by atoms with Crippen molar-refractivity contribution in [2.75, 3.05) is 4.90 Å². The third-order valence-electron chi connectivity index (χ3n) is 10.9. The average Bonchev–Trinajstić information content (AvgIpc) is 3.55. The van der Waals surface area contributed by atoms with E-state index in [-0.39, 0.29) is 6.71 Å². The van der Waals surface area contributed by atoms with Gasteiger partial charge in [0.25, 0.3) is 6.71 Å². The van der Waals surface area contributed by atoms with Crippen LogP contribution in [0, 0.1) is 0 Å². The average molecular weight is 626 g/mol. The van der Waals surface area contributed by atoms with Crippen LogP contribution in [-0.4, -0.2) is 6.71 Å². The maximum atomic E-state index is 2.59. The van der Waals surface area contributed by atoms with E-state index in [1.165, 1.54) is 87.4 Å². The first-order chi connectivity index (χ1) is 23.9. The highest BCUT2D eigenvalue weighted by Crippen LogP contribution is 2.58. The zero-order chi connectivity index (χ0) is 31.4. The molecule has 0 bridgehead atoms. The largest absolute Gasteiger partial charge is 0.311 e. The predicted molar refractivity (Wildman–Crippen MR) is 204 cm³/mol. The third-order valence-corrected chi connectivity index (χ3v) is 12.3. The molecule has 1 nitrogen and oxygen atoms in total. The number of hydrogen-bond acceptors (Lipinski definition) is 2. The van der Waals surface area contributed by atoms with Crippen molar-refractivity contribution in [3.05, 3.63) is 192 Å². The molecule has 0 aliphatic carbocycles. The summed E-state index contributed by atoms with van der Waals surface area (Å²) in [6, 6.07) is 63.4. The van der Waals surface area contributed by atoms with E-state index in [1.807, 2.05) is 11.3 Å². The summed E-state index contributed by atoms with van der Waals surface area (Å²) in [5.74, 6) is 0. The Hall–Kier alpha value is -5.64. The number of hydrogen-bond donors (Lipinski definition) is 0. The molecule has 0 fully saturated rings. The van der Waals surface area contributed by atoms with E-state index < -0.39 is 5.41 Å². The number of rotatable bonds is 3. The fraction of sp³-hybridized carbons (Fsp3) is 0.0222. The number of anilines is 3. The Kier molecular flexibility index (Phi) is 5.34. The topological polar surface area (TPSA) is 3.24 Å². The summed E-state index contributed by atoms with van der Waals surface area (Å²) < 4.78 is 1.45. The first kappa shape index (κ1) is 26.4. The molecule has 1 aromatic heterocycles. The summed E-state index contributed by atoms with van der Waals surface area (Å²) in [6.45, 7) is 0.136. The van der Waals surface area contributed by atoms with Gasteiger partial charge in [-0.15, -0.1) is 11.3 Å². The molecule has 0 saturated heterocycles. The van der Waals surface area contributed by atoms with Gasteiger partial charge in [0.2, 0.25) is 0 Å². The van der Waals surface area contributed by atoms with Crippen LogP contribution in [0.4, 0.5) is 17.1 Å². The minimum Gasteiger partial charge on any atom is -0.311 e. The van der Waals surface area contributed by atoms with Crippen molar-refractivity contribution in [3.8, 4) is 21.6 Å². The van der Waals surface area contributed by atoms with Gasteiger partial charge in [0.05, 0.1) is 11.1 Å². The van der Waals surface area contributed by atoms with E-state index in [0.717, 1.165) is 0 Å². The molecule has 0 unspecified atom stereocenters. The van der Waals surface area contributed by atoms with Gasteiger partial charge in [0.15, 0.2) is 0 Å². The van der Waals surface area contributed by atoms with Gasteiger partial charge < -0.3 is 4.90 Å². The number of thiophene rings is 1. The van der Waals surface area contributed by atoms with Crippen LogP contribution in [0.3, 0.4) is 0 Å². The molecular formula is C45H28BNS. The van der Waals surface area contributed by atoms with E-state index in [2.05, 4.69) is 175 Å². The second kappa shape index (κ2) is 9.70. The van der Waals surface area contributed by atoms with E-state index in [1.54, 1.807) is 0 Å². The molecule has 7 aromatic carbocycles. The van der Waals surface area contributed by atoms with Crippen molar-refractivity contribution >= 4 is 61.6 Å². The van der Waals surface area contributed by atoms with Crippen molar-refractivity contribution < 1.29 is 0 Å². The van der Waals surface area contributed by atoms with Crippen LogP contribution in [-0.2, 0) is 5.41 Å². The molecule has 3 aliphatic heterocycles. The molecule has 48 heavy (non-hydrogen) atoms. The second-order valence-electron chi connectivity index (χ2n) is 13.1. The highest BCUT2D eigenvalue weighted by Gasteiger charge is 2.51. The highest BCUT2D eigenvalue weighted by molar-refractivity contribution is 7.32. The quantitative estimate of drug-likeness (QED) is 0.177. The Morgan fingerprint density at radius 1 is 0.500 bits per heavy atom. The van der Waals surface area contributed by atoms with Crippen LogP contribution in [0.1, 0.15) is 22.3 Å². The molecule has 4 heterocycles. The number of fused-ring (bicyclic) bond motifs is 6. The molecule has 3 heteroatoms. The smallest absolute Gasteiger partial charge is 0.260 e. The van der Waals surface area contributed by atoms with Crippen LogP contribution < -0.4 is 20.6 Å². The molecule has 0 saturated carbocycles. The lowest BCUT2D eigenvalue weighted by molar-refractivity contribution is 0.732. The summed E-state index contributed by atoms with van der Waals surface area (Å²) in [5, 5.41) is 2.77. The summed E-state index contributed by atoms with van der Waals surface area (Å²) in [4.78, 5) is 3.95. The number of benzene rings is 7. The van der Waals surface area contributed by atoms with E-state index in [9.17, 15) is 0 Å². The fourth-order valence-electron chi connectivity index (χ4n) is 9.18. The van der Waals surface area contributed by atoms with Crippen LogP contribution in [0.2, 0.25) is 0 Å². The Morgan fingerprint density at radius 3 is 1.88 bits per heavy atom. The van der Waals surface area contributed by atoms with E-state index >= 15 is 0 Å². The Bertz CT molecular complexity index is 2530. The van der Waals surface area contributed by atoms with Gasteiger partial charge in [0.1, 0.15) is 0 Å². The standard InChI is InChI=1S/C45H28BNS/c1-4-15-29(16-5-1)43-34-23-12-21-32-33-22-13-28-39-41(33)46(44(48-43)40(32)34)37-26-14-25-36-42(37)47(39)38-27-11-10-24-35(38)45(36,30-17-6-2-7-18-30)31-19-8-3-9-20-31/h1-28H. The van der Waals surface area contributed by atoms with Gasteiger partial charge in [-0.2, -0.15) is 0 Å². The Morgan fingerprint density at radius 2 is 1.10 bits per heavy atom. The van der Waals surface area contributed by atoms with E-state index in [0.29, 0.717) is 0 Å². The van der Waals surface area contributed by atoms with Crippen molar-refractivity contribution in [1.82, 2.24) is 0 Å².